The summed E-state index contributed by atoms with van der Waals surface area (Å²) in [5.74, 6) is 1.00. The van der Waals surface area contributed by atoms with Gasteiger partial charge in [0, 0.05) is 14.2 Å². The van der Waals surface area contributed by atoms with Crippen molar-refractivity contribution in [2.24, 2.45) is 11.8 Å². The number of ether oxygens (including phenoxy) is 2. The molecule has 0 saturated carbocycles. The first kappa shape index (κ1) is 11.9. The Morgan fingerprint density at radius 2 is 0.917 bits per heavy atom. The Kier molecular flexibility index (Phi) is 5.51. The van der Waals surface area contributed by atoms with Gasteiger partial charge < -0.3 is 9.47 Å². The van der Waals surface area contributed by atoms with Crippen LogP contribution in [0.2, 0.25) is 0 Å². The van der Waals surface area contributed by atoms with Crippen molar-refractivity contribution in [2.45, 2.75) is 39.9 Å². The highest BCUT2D eigenvalue weighted by molar-refractivity contribution is 4.75. The molecule has 0 saturated heterocycles. The lowest BCUT2D eigenvalue weighted by Gasteiger charge is -2.30. The van der Waals surface area contributed by atoms with E-state index < -0.39 is 0 Å². The first-order valence-electron chi connectivity index (χ1n) is 4.60. The third-order valence-corrected chi connectivity index (χ3v) is 2.18. The third kappa shape index (κ3) is 3.11. The summed E-state index contributed by atoms with van der Waals surface area (Å²) in [7, 11) is 3.50. The molecule has 0 aliphatic heterocycles. The van der Waals surface area contributed by atoms with E-state index in [0.29, 0.717) is 11.8 Å². The first-order valence-corrected chi connectivity index (χ1v) is 4.60. The molecule has 0 aromatic carbocycles. The third-order valence-electron chi connectivity index (χ3n) is 2.18. The SMILES string of the molecule is CO[C@H](C(C)C)[C@@H](OC)C(C)C. The lowest BCUT2D eigenvalue weighted by molar-refractivity contribution is -0.0776. The minimum atomic E-state index is 0.204. The molecule has 74 valence electrons. The summed E-state index contributed by atoms with van der Waals surface area (Å²) < 4.78 is 10.8. The summed E-state index contributed by atoms with van der Waals surface area (Å²) in [6.07, 6.45) is 0.407. The van der Waals surface area contributed by atoms with Crippen molar-refractivity contribution in [3.05, 3.63) is 0 Å². The summed E-state index contributed by atoms with van der Waals surface area (Å²) in [5.41, 5.74) is 0. The standard InChI is InChI=1S/C10H22O2/c1-7(2)9(11-5)10(12-6)8(3)4/h7-10H,1-6H3/t9-,10+. The Balaban J connectivity index is 4.23. The fourth-order valence-corrected chi connectivity index (χ4v) is 1.57. The second kappa shape index (κ2) is 5.55. The molecule has 2 heteroatoms. The van der Waals surface area contributed by atoms with Gasteiger partial charge >= 0.3 is 0 Å². The molecule has 0 aliphatic rings. The Hall–Kier alpha value is -0.0800. The molecule has 0 amide bonds. The average molecular weight is 174 g/mol. The molecule has 0 fully saturated rings. The molecular weight excluding hydrogens is 152 g/mol. The molecule has 2 atom stereocenters. The average Bonchev–Trinajstić information content (AvgIpc) is 1.98. The van der Waals surface area contributed by atoms with Gasteiger partial charge in [0.05, 0.1) is 12.2 Å². The van der Waals surface area contributed by atoms with E-state index in [9.17, 15) is 0 Å². The van der Waals surface area contributed by atoms with Gasteiger partial charge in [-0.05, 0) is 11.8 Å². The largest absolute Gasteiger partial charge is 0.378 e. The van der Waals surface area contributed by atoms with Crippen LogP contribution in [0.25, 0.3) is 0 Å². The van der Waals surface area contributed by atoms with Crippen LogP contribution in [0.15, 0.2) is 0 Å². The quantitative estimate of drug-likeness (QED) is 0.637. The van der Waals surface area contributed by atoms with Crippen molar-refractivity contribution >= 4 is 0 Å². The maximum absolute atomic E-state index is 5.40. The molecule has 0 aromatic rings. The first-order chi connectivity index (χ1) is 5.54. The van der Waals surface area contributed by atoms with Crippen molar-refractivity contribution < 1.29 is 9.47 Å². The lowest BCUT2D eigenvalue weighted by Crippen LogP contribution is -2.38. The maximum Gasteiger partial charge on any atom is 0.0858 e. The topological polar surface area (TPSA) is 18.5 Å². The Labute approximate surface area is 76.3 Å². The van der Waals surface area contributed by atoms with Crippen LogP contribution < -0.4 is 0 Å². The van der Waals surface area contributed by atoms with Crippen LogP contribution in [-0.4, -0.2) is 26.4 Å². The molecule has 0 aliphatic carbocycles. The maximum atomic E-state index is 5.40. The van der Waals surface area contributed by atoms with Crippen LogP contribution in [0.1, 0.15) is 27.7 Å². The van der Waals surface area contributed by atoms with Gasteiger partial charge in [-0.2, -0.15) is 0 Å². The second-order valence-corrected chi connectivity index (χ2v) is 3.89. The zero-order valence-electron chi connectivity index (χ0n) is 9.13. The molecular formula is C10H22O2. The molecule has 0 rings (SSSR count). The normalized spacial score (nSPS) is 17.0. The highest BCUT2D eigenvalue weighted by Gasteiger charge is 2.26. The Bertz CT molecular complexity index is 96.4. The molecule has 2 nitrogen and oxygen atoms in total. The zero-order valence-corrected chi connectivity index (χ0v) is 9.13. The highest BCUT2D eigenvalue weighted by atomic mass is 16.5. The Morgan fingerprint density at radius 1 is 0.667 bits per heavy atom. The van der Waals surface area contributed by atoms with Gasteiger partial charge in [-0.25, -0.2) is 0 Å². The number of hydrogen-bond donors (Lipinski definition) is 0. The van der Waals surface area contributed by atoms with Gasteiger partial charge in [0.25, 0.3) is 0 Å². The number of methoxy groups -OCH3 is 2. The minimum Gasteiger partial charge on any atom is -0.378 e. The van der Waals surface area contributed by atoms with Crippen LogP contribution in [0.3, 0.4) is 0 Å². The summed E-state index contributed by atoms with van der Waals surface area (Å²) in [6.45, 7) is 8.62. The van der Waals surface area contributed by atoms with E-state index in [-0.39, 0.29) is 12.2 Å². The summed E-state index contributed by atoms with van der Waals surface area (Å²) in [5, 5.41) is 0. The van der Waals surface area contributed by atoms with Gasteiger partial charge in [0.15, 0.2) is 0 Å². The molecule has 0 aromatic heterocycles. The van der Waals surface area contributed by atoms with E-state index in [4.69, 9.17) is 9.47 Å². The van der Waals surface area contributed by atoms with Gasteiger partial charge in [0.2, 0.25) is 0 Å². The number of rotatable bonds is 5. The van der Waals surface area contributed by atoms with Crippen molar-refractivity contribution in [2.75, 3.05) is 14.2 Å². The van der Waals surface area contributed by atoms with Crippen LogP contribution in [0.4, 0.5) is 0 Å². The van der Waals surface area contributed by atoms with E-state index in [2.05, 4.69) is 27.7 Å². The molecule has 0 heterocycles. The van der Waals surface area contributed by atoms with Crippen molar-refractivity contribution in [3.8, 4) is 0 Å². The molecule has 0 unspecified atom stereocenters. The molecule has 12 heavy (non-hydrogen) atoms. The van der Waals surface area contributed by atoms with Crippen LogP contribution >= 0.6 is 0 Å². The fourth-order valence-electron chi connectivity index (χ4n) is 1.57. The second-order valence-electron chi connectivity index (χ2n) is 3.89. The van der Waals surface area contributed by atoms with Crippen molar-refractivity contribution in [1.82, 2.24) is 0 Å². The molecule has 0 bridgehead atoms. The van der Waals surface area contributed by atoms with Crippen molar-refractivity contribution in [3.63, 3.8) is 0 Å². The van der Waals surface area contributed by atoms with Crippen LogP contribution in [0, 0.1) is 11.8 Å². The predicted molar refractivity (Wildman–Crippen MR) is 51.3 cm³/mol. The summed E-state index contributed by atoms with van der Waals surface area (Å²) in [4.78, 5) is 0. The smallest absolute Gasteiger partial charge is 0.0858 e. The van der Waals surface area contributed by atoms with E-state index >= 15 is 0 Å². The Morgan fingerprint density at radius 3 is 1.00 bits per heavy atom. The monoisotopic (exact) mass is 174 g/mol. The minimum absolute atomic E-state index is 0.204. The lowest BCUT2D eigenvalue weighted by atomic mass is 9.94. The van der Waals surface area contributed by atoms with E-state index in [1.54, 1.807) is 14.2 Å². The van der Waals surface area contributed by atoms with Crippen molar-refractivity contribution in [1.29, 1.82) is 0 Å². The highest BCUT2D eigenvalue weighted by Crippen LogP contribution is 2.19. The molecule has 0 spiro atoms. The van der Waals surface area contributed by atoms with Gasteiger partial charge in [-0.15, -0.1) is 0 Å². The van der Waals surface area contributed by atoms with Crippen LogP contribution in [-0.2, 0) is 9.47 Å². The fraction of sp³-hybridized carbons (Fsp3) is 1.00. The summed E-state index contributed by atoms with van der Waals surface area (Å²) >= 11 is 0. The number of hydrogen-bond acceptors (Lipinski definition) is 2. The van der Waals surface area contributed by atoms with E-state index in [0.717, 1.165) is 0 Å². The van der Waals surface area contributed by atoms with Gasteiger partial charge in [0.1, 0.15) is 0 Å². The van der Waals surface area contributed by atoms with Gasteiger partial charge in [-0.1, -0.05) is 27.7 Å². The predicted octanol–water partition coefficient (Wildman–Crippen LogP) is 2.33. The van der Waals surface area contributed by atoms with E-state index in [1.165, 1.54) is 0 Å². The van der Waals surface area contributed by atoms with E-state index in [1.807, 2.05) is 0 Å². The van der Waals surface area contributed by atoms with Crippen LogP contribution in [0.5, 0.6) is 0 Å². The van der Waals surface area contributed by atoms with Gasteiger partial charge in [-0.3, -0.25) is 0 Å². The zero-order chi connectivity index (χ0) is 9.72. The summed E-state index contributed by atoms with van der Waals surface area (Å²) in [6, 6.07) is 0. The molecule has 0 radical (unpaired) electrons. The molecule has 0 N–H and O–H groups in total.